The summed E-state index contributed by atoms with van der Waals surface area (Å²) in [6.07, 6.45) is -2.87. The van der Waals surface area contributed by atoms with E-state index in [-0.39, 0.29) is 6.04 Å². The molecule has 0 bridgehead atoms. The molecule has 2 rings (SSSR count). The Morgan fingerprint density at radius 2 is 1.82 bits per heavy atom. The topological polar surface area (TPSA) is 72.7 Å². The van der Waals surface area contributed by atoms with E-state index < -0.39 is 18.3 Å². The van der Waals surface area contributed by atoms with E-state index in [1.54, 1.807) is 11.8 Å². The third kappa shape index (κ3) is 3.20. The highest BCUT2D eigenvalue weighted by Gasteiger charge is 2.35. The molecule has 1 heterocycles. The van der Waals surface area contributed by atoms with E-state index in [1.807, 2.05) is 30.3 Å². The van der Waals surface area contributed by atoms with Crippen LogP contribution in [0.3, 0.4) is 0 Å². The molecular weight excluding hydrogens is 238 g/mol. The van der Waals surface area contributed by atoms with Crippen molar-refractivity contribution in [3.63, 3.8) is 0 Å². The highest BCUT2D eigenvalue weighted by Crippen LogP contribution is 2.21. The van der Waals surface area contributed by atoms with Crippen molar-refractivity contribution in [1.82, 2.24) is 5.32 Å². The fraction of sp³-hybridized carbons (Fsp3) is 0.500. The molecule has 0 aromatic heterocycles. The molecule has 5 heteroatoms. The lowest BCUT2D eigenvalue weighted by Gasteiger charge is -2.35. The molecule has 1 fully saturated rings. The molecule has 0 saturated carbocycles. The number of aliphatic hydroxyl groups is 3. The van der Waals surface area contributed by atoms with E-state index >= 15 is 0 Å². The zero-order valence-electron chi connectivity index (χ0n) is 9.36. The number of piperidine rings is 1. The molecule has 4 atom stereocenters. The predicted octanol–water partition coefficient (Wildman–Crippen LogP) is -0.167. The monoisotopic (exact) mass is 255 g/mol. The van der Waals surface area contributed by atoms with Crippen LogP contribution in [0.5, 0.6) is 0 Å². The van der Waals surface area contributed by atoms with Crippen LogP contribution in [0.25, 0.3) is 0 Å². The molecule has 0 radical (unpaired) electrons. The van der Waals surface area contributed by atoms with Crippen LogP contribution in [-0.2, 0) is 0 Å². The summed E-state index contributed by atoms with van der Waals surface area (Å²) in [5.74, 6) is 0.662. The van der Waals surface area contributed by atoms with Gasteiger partial charge in [-0.05, 0) is 12.1 Å². The van der Waals surface area contributed by atoms with Crippen LogP contribution in [0.1, 0.15) is 0 Å². The maximum atomic E-state index is 9.80. The second kappa shape index (κ2) is 5.84. The maximum absolute atomic E-state index is 9.80. The Morgan fingerprint density at radius 1 is 1.12 bits per heavy atom. The molecule has 17 heavy (non-hydrogen) atoms. The molecule has 1 aliphatic rings. The van der Waals surface area contributed by atoms with Crippen LogP contribution in [0.15, 0.2) is 35.2 Å². The minimum absolute atomic E-state index is 0.196. The van der Waals surface area contributed by atoms with Crippen molar-refractivity contribution in [2.45, 2.75) is 29.2 Å². The van der Waals surface area contributed by atoms with Crippen LogP contribution in [0.2, 0.25) is 0 Å². The number of hydrogen-bond donors (Lipinski definition) is 4. The average Bonchev–Trinajstić information content (AvgIpc) is 2.36. The molecule has 1 aromatic carbocycles. The number of nitrogens with one attached hydrogen (secondary N) is 1. The van der Waals surface area contributed by atoms with Crippen molar-refractivity contribution >= 4 is 11.8 Å². The second-order valence-corrected chi connectivity index (χ2v) is 5.28. The van der Waals surface area contributed by atoms with E-state index in [4.69, 9.17) is 0 Å². The number of aliphatic hydroxyl groups excluding tert-OH is 3. The zero-order valence-corrected chi connectivity index (χ0v) is 10.2. The van der Waals surface area contributed by atoms with Gasteiger partial charge in [0.1, 0.15) is 6.10 Å². The lowest BCUT2D eigenvalue weighted by Crippen LogP contribution is -2.60. The first-order valence-electron chi connectivity index (χ1n) is 5.64. The molecule has 4 N–H and O–H groups in total. The fourth-order valence-corrected chi connectivity index (χ4v) is 2.88. The fourth-order valence-electron chi connectivity index (χ4n) is 1.84. The van der Waals surface area contributed by atoms with Gasteiger partial charge < -0.3 is 20.6 Å². The van der Waals surface area contributed by atoms with E-state index in [0.717, 1.165) is 4.90 Å². The highest BCUT2D eigenvalue weighted by atomic mass is 32.2. The number of rotatable bonds is 3. The van der Waals surface area contributed by atoms with Gasteiger partial charge in [-0.15, -0.1) is 11.8 Å². The summed E-state index contributed by atoms with van der Waals surface area (Å²) >= 11 is 1.62. The van der Waals surface area contributed by atoms with E-state index in [9.17, 15) is 15.3 Å². The summed E-state index contributed by atoms with van der Waals surface area (Å²) < 4.78 is 0. The molecule has 1 aromatic rings. The Bertz CT molecular complexity index is 349. The van der Waals surface area contributed by atoms with Gasteiger partial charge in [-0.3, -0.25) is 0 Å². The predicted molar refractivity (Wildman–Crippen MR) is 67.0 cm³/mol. The van der Waals surface area contributed by atoms with Crippen LogP contribution < -0.4 is 5.32 Å². The molecule has 0 spiro atoms. The van der Waals surface area contributed by atoms with Crippen molar-refractivity contribution in [2.24, 2.45) is 0 Å². The van der Waals surface area contributed by atoms with Gasteiger partial charge in [-0.2, -0.15) is 0 Å². The second-order valence-electron chi connectivity index (χ2n) is 4.19. The van der Waals surface area contributed by atoms with Gasteiger partial charge in [0.25, 0.3) is 0 Å². The summed E-state index contributed by atoms with van der Waals surface area (Å²) in [7, 11) is 0. The van der Waals surface area contributed by atoms with E-state index in [2.05, 4.69) is 5.32 Å². The molecule has 0 amide bonds. The lowest BCUT2D eigenvalue weighted by atomic mass is 9.97. The van der Waals surface area contributed by atoms with Crippen LogP contribution >= 0.6 is 11.8 Å². The van der Waals surface area contributed by atoms with Gasteiger partial charge in [0.15, 0.2) is 0 Å². The Morgan fingerprint density at radius 3 is 2.53 bits per heavy atom. The maximum Gasteiger partial charge on any atom is 0.108 e. The summed E-state index contributed by atoms with van der Waals surface area (Å²) in [4.78, 5) is 1.13. The van der Waals surface area contributed by atoms with Gasteiger partial charge >= 0.3 is 0 Å². The largest absolute Gasteiger partial charge is 0.389 e. The van der Waals surface area contributed by atoms with Crippen LogP contribution in [0, 0.1) is 0 Å². The minimum Gasteiger partial charge on any atom is -0.389 e. The minimum atomic E-state index is -1.06. The molecule has 1 saturated heterocycles. The van der Waals surface area contributed by atoms with Gasteiger partial charge in [0, 0.05) is 23.2 Å². The van der Waals surface area contributed by atoms with Crippen LogP contribution in [-0.4, -0.2) is 52.0 Å². The van der Waals surface area contributed by atoms with Crippen molar-refractivity contribution in [2.75, 3.05) is 12.3 Å². The summed E-state index contributed by atoms with van der Waals surface area (Å²) in [5.41, 5.74) is 0. The Kier molecular flexibility index (Phi) is 4.42. The average molecular weight is 255 g/mol. The number of hydrogen-bond acceptors (Lipinski definition) is 5. The van der Waals surface area contributed by atoms with Gasteiger partial charge in [0.2, 0.25) is 0 Å². The molecule has 0 unspecified atom stereocenters. The quantitative estimate of drug-likeness (QED) is 0.565. The van der Waals surface area contributed by atoms with Crippen molar-refractivity contribution in [3.8, 4) is 0 Å². The first-order valence-corrected chi connectivity index (χ1v) is 6.62. The Labute approximate surface area is 105 Å². The third-order valence-electron chi connectivity index (χ3n) is 2.92. The molecule has 94 valence electrons. The molecule has 4 nitrogen and oxygen atoms in total. The Balaban J connectivity index is 1.87. The van der Waals surface area contributed by atoms with Crippen LogP contribution in [0.4, 0.5) is 0 Å². The molecule has 1 aliphatic heterocycles. The van der Waals surface area contributed by atoms with E-state index in [1.165, 1.54) is 0 Å². The summed E-state index contributed by atoms with van der Waals surface area (Å²) in [6, 6.07) is 9.70. The molecular formula is C12H17NO3S. The highest BCUT2D eigenvalue weighted by molar-refractivity contribution is 7.99. The standard InChI is InChI=1S/C12H17NO3S/c14-10-6-13-9(11(15)12(10)16)7-17-8-4-2-1-3-5-8/h1-5,9-16H,6-7H2/t9-,10-,11-,12-/m1/s1. The summed E-state index contributed by atoms with van der Waals surface area (Å²) in [6.45, 7) is 0.318. The van der Waals surface area contributed by atoms with Gasteiger partial charge in [0.05, 0.1) is 12.2 Å². The van der Waals surface area contributed by atoms with Crippen molar-refractivity contribution in [3.05, 3.63) is 30.3 Å². The smallest absolute Gasteiger partial charge is 0.108 e. The van der Waals surface area contributed by atoms with Gasteiger partial charge in [-0.1, -0.05) is 18.2 Å². The summed E-state index contributed by atoms with van der Waals surface area (Å²) in [5, 5.41) is 31.8. The first kappa shape index (κ1) is 12.9. The lowest BCUT2D eigenvalue weighted by molar-refractivity contribution is -0.0902. The Hall–Kier alpha value is -0.590. The SMILES string of the molecule is O[C@H]1[C@H](O)[C@@H](CSc2ccccc2)NC[C@H]1O. The molecule has 0 aliphatic carbocycles. The van der Waals surface area contributed by atoms with Crippen molar-refractivity contribution < 1.29 is 15.3 Å². The number of benzene rings is 1. The third-order valence-corrected chi connectivity index (χ3v) is 4.05. The van der Waals surface area contributed by atoms with E-state index in [0.29, 0.717) is 12.3 Å². The normalized spacial score (nSPS) is 33.6. The number of thioether (sulfide) groups is 1. The van der Waals surface area contributed by atoms with Gasteiger partial charge in [-0.25, -0.2) is 0 Å². The zero-order chi connectivity index (χ0) is 12.3. The number of β-amino-alcohol motifs (C(OH)–C–C–N with tert-alkyl or cyclic N) is 1. The van der Waals surface area contributed by atoms with Crippen molar-refractivity contribution in [1.29, 1.82) is 0 Å². The first-order chi connectivity index (χ1) is 8.18.